The lowest BCUT2D eigenvalue weighted by Gasteiger charge is -2.30. The fourth-order valence-corrected chi connectivity index (χ4v) is 1.10. The van der Waals surface area contributed by atoms with Gasteiger partial charge in [-0.05, 0) is 6.92 Å². The smallest absolute Gasteiger partial charge is 0.406 e. The Morgan fingerprint density at radius 3 is 2.17 bits per heavy atom. The van der Waals surface area contributed by atoms with Gasteiger partial charge in [-0.25, -0.2) is 4.79 Å². The summed E-state index contributed by atoms with van der Waals surface area (Å²) in [5, 5.41) is 17.3. The minimum atomic E-state index is -4.69. The van der Waals surface area contributed by atoms with E-state index in [9.17, 15) is 22.8 Å². The van der Waals surface area contributed by atoms with Crippen molar-refractivity contribution in [1.82, 2.24) is 9.80 Å². The van der Waals surface area contributed by atoms with E-state index in [0.717, 1.165) is 4.90 Å². The number of hydrogen-bond donors (Lipinski definition) is 2. The Kier molecular flexibility index (Phi) is 5.89. The zero-order chi connectivity index (χ0) is 14.5. The number of carbonyl (C=O) groups is 2. The summed E-state index contributed by atoms with van der Waals surface area (Å²) in [5.41, 5.74) is 0. The summed E-state index contributed by atoms with van der Waals surface area (Å²) in [6, 6.07) is -1.81. The molecule has 1 unspecified atom stereocenters. The highest BCUT2D eigenvalue weighted by molar-refractivity contribution is 5.80. The Balaban J connectivity index is 4.84. The van der Waals surface area contributed by atoms with Crippen LogP contribution in [-0.2, 0) is 4.79 Å². The van der Waals surface area contributed by atoms with Crippen LogP contribution in [0.1, 0.15) is 6.92 Å². The second kappa shape index (κ2) is 6.43. The van der Waals surface area contributed by atoms with Crippen molar-refractivity contribution in [2.75, 3.05) is 26.7 Å². The van der Waals surface area contributed by atoms with Crippen LogP contribution in [0.3, 0.4) is 0 Å². The molecule has 0 aliphatic heterocycles. The number of urea groups is 1. The number of aliphatic carboxylic acids is 1. The van der Waals surface area contributed by atoms with Gasteiger partial charge in [-0.2, -0.15) is 13.2 Å². The van der Waals surface area contributed by atoms with Crippen LogP contribution in [0.15, 0.2) is 0 Å². The van der Waals surface area contributed by atoms with Gasteiger partial charge in [-0.1, -0.05) is 0 Å². The Morgan fingerprint density at radius 2 is 1.83 bits per heavy atom. The minimum absolute atomic E-state index is 0.161. The van der Waals surface area contributed by atoms with E-state index >= 15 is 0 Å². The number of carboxylic acids is 1. The maximum atomic E-state index is 12.2. The molecular weight excluding hydrogens is 257 g/mol. The largest absolute Gasteiger partial charge is 0.480 e. The number of hydrogen-bond acceptors (Lipinski definition) is 3. The molecule has 0 heterocycles. The first-order chi connectivity index (χ1) is 8.08. The zero-order valence-corrected chi connectivity index (χ0v) is 9.94. The van der Waals surface area contributed by atoms with Crippen molar-refractivity contribution in [2.45, 2.75) is 19.1 Å². The molecular formula is C9H15F3N2O4. The number of nitrogens with zero attached hydrogens (tertiary/aromatic N) is 2. The summed E-state index contributed by atoms with van der Waals surface area (Å²) in [7, 11) is 1.19. The Labute approximate surface area is 102 Å². The molecule has 0 aliphatic carbocycles. The molecule has 6 nitrogen and oxygen atoms in total. The summed E-state index contributed by atoms with van der Waals surface area (Å²) in [6.07, 6.45) is -4.69. The molecule has 0 saturated carbocycles. The molecule has 18 heavy (non-hydrogen) atoms. The number of likely N-dealkylation sites (N-methyl/N-ethyl adjacent to an activating group) is 1. The molecule has 2 amide bonds. The topological polar surface area (TPSA) is 81.1 Å². The number of halogens is 3. The average molecular weight is 272 g/mol. The van der Waals surface area contributed by atoms with Crippen molar-refractivity contribution < 1.29 is 33.0 Å². The second-order valence-corrected chi connectivity index (χ2v) is 3.79. The van der Waals surface area contributed by atoms with Crippen LogP contribution in [-0.4, -0.2) is 71.0 Å². The van der Waals surface area contributed by atoms with Crippen molar-refractivity contribution in [1.29, 1.82) is 0 Å². The highest BCUT2D eigenvalue weighted by Gasteiger charge is 2.35. The van der Waals surface area contributed by atoms with Gasteiger partial charge in [0, 0.05) is 7.05 Å². The van der Waals surface area contributed by atoms with E-state index in [2.05, 4.69) is 0 Å². The van der Waals surface area contributed by atoms with Crippen LogP contribution in [0.2, 0.25) is 0 Å². The van der Waals surface area contributed by atoms with Gasteiger partial charge >= 0.3 is 18.2 Å². The summed E-state index contributed by atoms with van der Waals surface area (Å²) in [5.74, 6) is -1.54. The van der Waals surface area contributed by atoms with Crippen LogP contribution in [0, 0.1) is 0 Å². The van der Waals surface area contributed by atoms with Gasteiger partial charge in [0.2, 0.25) is 0 Å². The lowest BCUT2D eigenvalue weighted by molar-refractivity contribution is -0.149. The van der Waals surface area contributed by atoms with E-state index in [-0.39, 0.29) is 4.90 Å². The lowest BCUT2D eigenvalue weighted by Crippen LogP contribution is -2.50. The van der Waals surface area contributed by atoms with E-state index in [1.54, 1.807) is 0 Å². The Morgan fingerprint density at radius 1 is 1.33 bits per heavy atom. The summed E-state index contributed by atoms with van der Waals surface area (Å²) in [6.45, 7) is -1.72. The van der Waals surface area contributed by atoms with Gasteiger partial charge in [0.05, 0.1) is 12.6 Å². The summed E-state index contributed by atoms with van der Waals surface area (Å²) < 4.78 is 36.6. The molecule has 0 saturated heterocycles. The fourth-order valence-electron chi connectivity index (χ4n) is 1.10. The first-order valence-corrected chi connectivity index (χ1v) is 4.99. The molecule has 0 radical (unpaired) electrons. The third-order valence-corrected chi connectivity index (χ3v) is 2.19. The molecule has 0 spiro atoms. The van der Waals surface area contributed by atoms with E-state index in [1.165, 1.54) is 14.0 Å². The first-order valence-electron chi connectivity index (χ1n) is 4.99. The van der Waals surface area contributed by atoms with Crippen molar-refractivity contribution >= 4 is 12.0 Å². The monoisotopic (exact) mass is 272 g/mol. The molecule has 2 N–H and O–H groups in total. The number of aliphatic hydroxyl groups excluding tert-OH is 1. The normalized spacial score (nSPS) is 13.0. The third kappa shape index (κ3) is 5.71. The molecule has 0 bridgehead atoms. The van der Waals surface area contributed by atoms with Gasteiger partial charge in [-0.15, -0.1) is 0 Å². The maximum absolute atomic E-state index is 12.2. The minimum Gasteiger partial charge on any atom is -0.480 e. The highest BCUT2D eigenvalue weighted by Crippen LogP contribution is 2.17. The van der Waals surface area contributed by atoms with Gasteiger partial charge in [0.15, 0.2) is 0 Å². The number of amides is 2. The van der Waals surface area contributed by atoms with E-state index in [0.29, 0.717) is 0 Å². The molecule has 0 fully saturated rings. The number of carboxylic acid groups (broad SMARTS) is 1. The van der Waals surface area contributed by atoms with Gasteiger partial charge < -0.3 is 20.0 Å². The van der Waals surface area contributed by atoms with E-state index < -0.39 is 43.9 Å². The van der Waals surface area contributed by atoms with Crippen molar-refractivity contribution in [3.63, 3.8) is 0 Å². The predicted octanol–water partition coefficient (Wildman–Crippen LogP) is 0.368. The Bertz CT molecular complexity index is 309. The average Bonchev–Trinajstić information content (AvgIpc) is 2.22. The van der Waals surface area contributed by atoms with E-state index in [4.69, 9.17) is 10.2 Å². The molecule has 0 aliphatic rings. The predicted molar refractivity (Wildman–Crippen MR) is 55.0 cm³/mol. The van der Waals surface area contributed by atoms with Gasteiger partial charge in [-0.3, -0.25) is 4.79 Å². The summed E-state index contributed by atoms with van der Waals surface area (Å²) in [4.78, 5) is 23.1. The van der Waals surface area contributed by atoms with Crippen molar-refractivity contribution in [3.05, 3.63) is 0 Å². The Hall–Kier alpha value is -1.51. The van der Waals surface area contributed by atoms with Crippen LogP contribution in [0.4, 0.5) is 18.0 Å². The van der Waals surface area contributed by atoms with Gasteiger partial charge in [0.25, 0.3) is 0 Å². The zero-order valence-electron chi connectivity index (χ0n) is 9.94. The molecule has 0 rings (SSSR count). The van der Waals surface area contributed by atoms with Crippen molar-refractivity contribution in [2.24, 2.45) is 0 Å². The highest BCUT2D eigenvalue weighted by atomic mass is 19.4. The quantitative estimate of drug-likeness (QED) is 0.757. The van der Waals surface area contributed by atoms with Crippen LogP contribution >= 0.6 is 0 Å². The van der Waals surface area contributed by atoms with Crippen LogP contribution in [0.25, 0.3) is 0 Å². The molecule has 1 atom stereocenters. The molecule has 0 aromatic carbocycles. The molecule has 9 heteroatoms. The van der Waals surface area contributed by atoms with E-state index in [1.807, 2.05) is 0 Å². The van der Waals surface area contributed by atoms with Crippen molar-refractivity contribution in [3.8, 4) is 0 Å². The van der Waals surface area contributed by atoms with Gasteiger partial charge in [0.1, 0.15) is 13.1 Å². The number of aliphatic hydroxyl groups is 1. The number of carbonyl (C=O) groups excluding carboxylic acids is 1. The van der Waals surface area contributed by atoms with Crippen LogP contribution in [0.5, 0.6) is 0 Å². The lowest BCUT2D eigenvalue weighted by atomic mass is 10.3. The second-order valence-electron chi connectivity index (χ2n) is 3.79. The summed E-state index contributed by atoms with van der Waals surface area (Å²) >= 11 is 0. The maximum Gasteiger partial charge on any atom is 0.406 e. The standard InChI is InChI=1S/C9H15F3N2O4/c1-6(4-15)13(2)8(18)14(3-7(16)17)5-9(10,11)12/h6,15H,3-5H2,1-2H3,(H,16,17). The SMILES string of the molecule is CC(CO)N(C)C(=O)N(CC(=O)O)CC(F)(F)F. The number of rotatable bonds is 5. The molecule has 0 aromatic heterocycles. The third-order valence-electron chi connectivity index (χ3n) is 2.19. The van der Waals surface area contributed by atoms with Crippen LogP contribution < -0.4 is 0 Å². The molecule has 106 valence electrons. The number of alkyl halides is 3. The first kappa shape index (κ1) is 16.5. The molecule has 0 aromatic rings. The fraction of sp³-hybridized carbons (Fsp3) is 0.778.